The molecule has 2 aliphatic heterocycles. The number of aromatic amines is 1. The van der Waals surface area contributed by atoms with Crippen LogP contribution in [0.1, 0.15) is 32.1 Å². The van der Waals surface area contributed by atoms with Gasteiger partial charge in [-0.25, -0.2) is 0 Å². The molecule has 6 rings (SSSR count). The zero-order valence-corrected chi connectivity index (χ0v) is 21.7. The highest BCUT2D eigenvalue weighted by Crippen LogP contribution is 2.52. The molecule has 2 fully saturated rings. The van der Waals surface area contributed by atoms with E-state index in [-0.39, 0.29) is 5.56 Å². The lowest BCUT2D eigenvalue weighted by atomic mass is 9.94. The second-order valence-corrected chi connectivity index (χ2v) is 11.7. The largest absolute Gasteiger partial charge is 0.378 e. The van der Waals surface area contributed by atoms with Crippen molar-refractivity contribution >= 4 is 34.9 Å². The van der Waals surface area contributed by atoms with Gasteiger partial charge in [-0.1, -0.05) is 54.9 Å². The SMILES string of the molecule is CN(c1ccc2c(c1)Sc1cccc(-c3cc(N4CCOCC4)cc(=O)[nH]3)c1S2)C1CCCCC1. The summed E-state index contributed by atoms with van der Waals surface area (Å²) in [7, 11) is 2.25. The fourth-order valence-electron chi connectivity index (χ4n) is 5.38. The third-order valence-corrected chi connectivity index (χ3v) is 9.96. The van der Waals surface area contributed by atoms with Crippen molar-refractivity contribution in [2.24, 2.45) is 0 Å². The van der Waals surface area contributed by atoms with Crippen LogP contribution in [0, 0.1) is 0 Å². The summed E-state index contributed by atoms with van der Waals surface area (Å²) >= 11 is 3.65. The molecule has 3 heterocycles. The highest BCUT2D eigenvalue weighted by molar-refractivity contribution is 8.05. The molecule has 0 amide bonds. The fourth-order valence-corrected chi connectivity index (χ4v) is 7.79. The van der Waals surface area contributed by atoms with Crippen LogP contribution in [0.4, 0.5) is 11.4 Å². The molecular formula is C28H31N3O2S2. The number of hydrogen-bond donors (Lipinski definition) is 1. The predicted molar refractivity (Wildman–Crippen MR) is 145 cm³/mol. The maximum Gasteiger partial charge on any atom is 0.250 e. The number of fused-ring (bicyclic) bond motifs is 2. The monoisotopic (exact) mass is 505 g/mol. The molecule has 1 aliphatic carbocycles. The number of pyridine rings is 1. The van der Waals surface area contributed by atoms with Crippen LogP contribution in [-0.4, -0.2) is 44.4 Å². The summed E-state index contributed by atoms with van der Waals surface area (Å²) in [5.41, 5.74) is 4.17. The van der Waals surface area contributed by atoms with Crippen LogP contribution in [0.15, 0.2) is 72.9 Å². The Morgan fingerprint density at radius 3 is 2.60 bits per heavy atom. The number of benzene rings is 2. The van der Waals surface area contributed by atoms with E-state index >= 15 is 0 Å². The number of H-pyrrole nitrogens is 1. The molecule has 0 spiro atoms. The molecule has 1 saturated carbocycles. The lowest BCUT2D eigenvalue weighted by Gasteiger charge is -2.33. The normalized spacial score (nSPS) is 18.1. The van der Waals surface area contributed by atoms with Crippen molar-refractivity contribution < 1.29 is 4.74 Å². The van der Waals surface area contributed by atoms with Crippen LogP contribution in [0.2, 0.25) is 0 Å². The Labute approximate surface area is 215 Å². The Balaban J connectivity index is 1.30. The summed E-state index contributed by atoms with van der Waals surface area (Å²) in [5.74, 6) is 0. The van der Waals surface area contributed by atoms with Gasteiger partial charge < -0.3 is 19.5 Å². The van der Waals surface area contributed by atoms with Crippen molar-refractivity contribution in [1.82, 2.24) is 4.98 Å². The molecule has 1 aromatic heterocycles. The zero-order chi connectivity index (χ0) is 23.8. The molecule has 3 aliphatic rings. The minimum atomic E-state index is -0.0640. The van der Waals surface area contributed by atoms with Crippen molar-refractivity contribution in [2.75, 3.05) is 43.2 Å². The van der Waals surface area contributed by atoms with Gasteiger partial charge >= 0.3 is 0 Å². The third-order valence-electron chi connectivity index (χ3n) is 7.36. The first-order valence-corrected chi connectivity index (χ1v) is 14.2. The molecule has 35 heavy (non-hydrogen) atoms. The van der Waals surface area contributed by atoms with Crippen LogP contribution < -0.4 is 15.4 Å². The number of rotatable bonds is 4. The van der Waals surface area contributed by atoms with E-state index in [1.807, 2.05) is 23.5 Å². The van der Waals surface area contributed by atoms with Gasteiger partial charge in [0.25, 0.3) is 0 Å². The summed E-state index contributed by atoms with van der Waals surface area (Å²) in [5, 5.41) is 0. The zero-order valence-electron chi connectivity index (χ0n) is 20.1. The smallest absolute Gasteiger partial charge is 0.250 e. The van der Waals surface area contributed by atoms with E-state index < -0.39 is 0 Å². The van der Waals surface area contributed by atoms with E-state index in [9.17, 15) is 4.79 Å². The van der Waals surface area contributed by atoms with Crippen LogP contribution >= 0.6 is 23.5 Å². The van der Waals surface area contributed by atoms with Crippen LogP contribution in [0.25, 0.3) is 11.3 Å². The Bertz CT molecular complexity index is 1280. The van der Waals surface area contributed by atoms with Crippen LogP contribution in [0.3, 0.4) is 0 Å². The van der Waals surface area contributed by atoms with Crippen LogP contribution in [-0.2, 0) is 4.74 Å². The Morgan fingerprint density at radius 1 is 0.943 bits per heavy atom. The van der Waals surface area contributed by atoms with Gasteiger partial charge in [-0.2, -0.15) is 0 Å². The second kappa shape index (κ2) is 9.96. The van der Waals surface area contributed by atoms with E-state index in [1.54, 1.807) is 6.07 Å². The van der Waals surface area contributed by atoms with E-state index in [0.29, 0.717) is 19.3 Å². The van der Waals surface area contributed by atoms with Gasteiger partial charge in [0.2, 0.25) is 5.56 Å². The molecule has 5 nitrogen and oxygen atoms in total. The number of nitrogens with one attached hydrogen (secondary N) is 1. The summed E-state index contributed by atoms with van der Waals surface area (Å²) in [6.07, 6.45) is 6.65. The summed E-state index contributed by atoms with van der Waals surface area (Å²) in [6.45, 7) is 3.02. The molecule has 0 radical (unpaired) electrons. The van der Waals surface area contributed by atoms with E-state index in [2.05, 4.69) is 64.3 Å². The molecule has 0 unspecified atom stereocenters. The maximum absolute atomic E-state index is 12.6. The minimum absolute atomic E-state index is 0.0640. The predicted octanol–water partition coefficient (Wildman–Crippen LogP) is 6.26. The van der Waals surface area contributed by atoms with Crippen molar-refractivity contribution in [3.63, 3.8) is 0 Å². The van der Waals surface area contributed by atoms with Gasteiger partial charge in [0.15, 0.2) is 0 Å². The standard InChI is InChI=1S/C28H31N3O2S2/c1-30(19-6-3-2-4-7-19)20-10-11-24-26(17-20)34-25-9-5-8-22(28(25)35-24)23-16-21(18-27(32)29-23)31-12-14-33-15-13-31/h5,8-11,16-19H,2-4,6-7,12-15H2,1H3,(H,29,32). The van der Waals surface area contributed by atoms with Crippen molar-refractivity contribution in [2.45, 2.75) is 57.7 Å². The van der Waals surface area contributed by atoms with Crippen molar-refractivity contribution in [1.29, 1.82) is 0 Å². The van der Waals surface area contributed by atoms with Crippen LogP contribution in [0.5, 0.6) is 0 Å². The first-order chi connectivity index (χ1) is 17.2. The highest BCUT2D eigenvalue weighted by Gasteiger charge is 2.24. The Hall–Kier alpha value is -2.35. The van der Waals surface area contributed by atoms with Gasteiger partial charge in [-0.05, 0) is 43.2 Å². The molecular weight excluding hydrogens is 474 g/mol. The van der Waals surface area contributed by atoms with E-state index in [1.165, 1.54) is 57.4 Å². The summed E-state index contributed by atoms with van der Waals surface area (Å²) in [6, 6.07) is 17.8. The second-order valence-electron chi connectivity index (χ2n) is 9.59. The average Bonchev–Trinajstić information content (AvgIpc) is 2.91. The average molecular weight is 506 g/mol. The molecule has 1 N–H and O–H groups in total. The number of morpholine rings is 1. The quantitative estimate of drug-likeness (QED) is 0.353. The molecule has 182 valence electrons. The summed E-state index contributed by atoms with van der Waals surface area (Å²) < 4.78 is 5.49. The number of anilines is 2. The summed E-state index contributed by atoms with van der Waals surface area (Å²) in [4.78, 5) is 25.5. The highest BCUT2D eigenvalue weighted by atomic mass is 32.2. The van der Waals surface area contributed by atoms with E-state index in [4.69, 9.17) is 4.74 Å². The van der Waals surface area contributed by atoms with E-state index in [0.717, 1.165) is 30.0 Å². The number of hydrogen-bond acceptors (Lipinski definition) is 6. The molecule has 2 aromatic carbocycles. The maximum atomic E-state index is 12.6. The third kappa shape index (κ3) is 4.74. The number of nitrogens with zero attached hydrogens (tertiary/aromatic N) is 2. The van der Waals surface area contributed by atoms with Crippen molar-refractivity contribution in [3.8, 4) is 11.3 Å². The lowest BCUT2D eigenvalue weighted by Crippen LogP contribution is -2.36. The number of ether oxygens (including phenoxy) is 1. The van der Waals surface area contributed by atoms with Crippen molar-refractivity contribution in [3.05, 3.63) is 58.9 Å². The molecule has 3 aromatic rings. The van der Waals surface area contributed by atoms with Gasteiger partial charge in [-0.15, -0.1) is 0 Å². The van der Waals surface area contributed by atoms with Gasteiger partial charge in [-0.3, -0.25) is 4.79 Å². The van der Waals surface area contributed by atoms with Gasteiger partial charge in [0, 0.05) is 68.8 Å². The Kier molecular flexibility index (Phi) is 6.56. The minimum Gasteiger partial charge on any atom is -0.378 e. The lowest BCUT2D eigenvalue weighted by molar-refractivity contribution is 0.122. The Morgan fingerprint density at radius 2 is 1.77 bits per heavy atom. The fraction of sp³-hybridized carbons (Fsp3) is 0.393. The molecule has 1 saturated heterocycles. The van der Waals surface area contributed by atoms with Gasteiger partial charge in [0.05, 0.1) is 18.9 Å². The molecule has 0 atom stereocenters. The topological polar surface area (TPSA) is 48.6 Å². The first-order valence-electron chi connectivity index (χ1n) is 12.6. The number of aromatic nitrogens is 1. The van der Waals surface area contributed by atoms with Gasteiger partial charge in [0.1, 0.15) is 0 Å². The first kappa shape index (κ1) is 23.1. The molecule has 0 bridgehead atoms. The molecule has 7 heteroatoms.